The number of para-hydroxylation sites is 2. The minimum Gasteiger partial charge on any atom is -0.492 e. The Kier molecular flexibility index (Phi) is 7.03. The van der Waals surface area contributed by atoms with E-state index in [9.17, 15) is 22.8 Å². The number of hydrogen-bond acceptors (Lipinski definition) is 8. The molecular formula is C22H23F3N6O4. The minimum atomic E-state index is -4.68. The smallest absolute Gasteiger partial charge is 0.453 e. The molecule has 0 atom stereocenters. The maximum atomic E-state index is 13.1. The molecule has 2 aromatic heterocycles. The molecule has 0 spiro atoms. The number of esters is 1. The van der Waals surface area contributed by atoms with Gasteiger partial charge in [-0.25, -0.2) is 0 Å². The number of rotatable bonds is 7. The van der Waals surface area contributed by atoms with Gasteiger partial charge in [0, 0.05) is 13.1 Å². The average Bonchev–Trinajstić information content (AvgIpc) is 3.28. The number of benzene rings is 1. The Morgan fingerprint density at radius 3 is 2.57 bits per heavy atom. The molecule has 35 heavy (non-hydrogen) atoms. The van der Waals surface area contributed by atoms with Crippen LogP contribution in [0.5, 0.6) is 5.75 Å². The van der Waals surface area contributed by atoms with Crippen LogP contribution in [0.4, 0.5) is 24.7 Å². The van der Waals surface area contributed by atoms with Crippen LogP contribution in [0.1, 0.15) is 25.6 Å². The van der Waals surface area contributed by atoms with Crippen LogP contribution in [-0.2, 0) is 20.5 Å². The zero-order valence-electron chi connectivity index (χ0n) is 18.8. The van der Waals surface area contributed by atoms with E-state index in [0.717, 1.165) is 0 Å². The maximum absolute atomic E-state index is 13.1. The van der Waals surface area contributed by atoms with Gasteiger partial charge >= 0.3 is 12.1 Å². The van der Waals surface area contributed by atoms with Crippen molar-refractivity contribution in [2.75, 3.05) is 36.5 Å². The number of halogens is 3. The molecule has 1 N–H and O–H groups in total. The van der Waals surface area contributed by atoms with Gasteiger partial charge in [-0.2, -0.15) is 17.7 Å². The Balaban J connectivity index is 1.29. The number of alkyl halides is 3. The number of aromatic nitrogens is 4. The molecule has 3 aromatic rings. The van der Waals surface area contributed by atoms with E-state index < -0.39 is 36.4 Å². The Bertz CT molecular complexity index is 1210. The topological polar surface area (TPSA) is 111 Å². The highest BCUT2D eigenvalue weighted by atomic mass is 19.4. The Morgan fingerprint density at radius 1 is 1.11 bits per heavy atom. The Morgan fingerprint density at radius 2 is 1.86 bits per heavy atom. The van der Waals surface area contributed by atoms with Crippen LogP contribution in [0.2, 0.25) is 0 Å². The fourth-order valence-corrected chi connectivity index (χ4v) is 3.76. The average molecular weight is 492 g/mol. The van der Waals surface area contributed by atoms with E-state index in [2.05, 4.69) is 20.6 Å². The molecule has 4 rings (SSSR count). The number of nitrogens with zero attached hydrogens (tertiary/aromatic N) is 5. The van der Waals surface area contributed by atoms with Gasteiger partial charge in [-0.3, -0.25) is 9.59 Å². The van der Waals surface area contributed by atoms with Crippen LogP contribution in [0.15, 0.2) is 36.4 Å². The molecule has 1 saturated heterocycles. The van der Waals surface area contributed by atoms with E-state index in [4.69, 9.17) is 9.47 Å². The number of fused-ring (bicyclic) bond motifs is 1. The van der Waals surface area contributed by atoms with Crippen molar-refractivity contribution in [1.82, 2.24) is 19.8 Å². The fraction of sp³-hybridized carbons (Fsp3) is 0.409. The highest BCUT2D eigenvalue weighted by Crippen LogP contribution is 2.29. The van der Waals surface area contributed by atoms with Gasteiger partial charge in [0.25, 0.3) is 11.7 Å². The summed E-state index contributed by atoms with van der Waals surface area (Å²) < 4.78 is 50.6. The molecule has 1 fully saturated rings. The lowest BCUT2D eigenvalue weighted by Gasteiger charge is -2.31. The van der Waals surface area contributed by atoms with Crippen molar-refractivity contribution in [3.8, 4) is 5.75 Å². The summed E-state index contributed by atoms with van der Waals surface area (Å²) in [7, 11) is 0. The molecule has 1 aliphatic heterocycles. The van der Waals surface area contributed by atoms with Crippen molar-refractivity contribution in [3.05, 3.63) is 42.2 Å². The molecule has 186 valence electrons. The van der Waals surface area contributed by atoms with Crippen LogP contribution in [0, 0.1) is 5.92 Å². The molecule has 1 aliphatic rings. The number of hydrogen-bond donors (Lipinski definition) is 1. The molecule has 0 bridgehead atoms. The number of amides is 1. The van der Waals surface area contributed by atoms with Gasteiger partial charge in [-0.05, 0) is 44.0 Å². The summed E-state index contributed by atoms with van der Waals surface area (Å²) in [5, 5.41) is 13.4. The van der Waals surface area contributed by atoms with Crippen molar-refractivity contribution in [2.45, 2.75) is 25.9 Å². The van der Waals surface area contributed by atoms with Gasteiger partial charge in [0.2, 0.25) is 0 Å². The Hall–Kier alpha value is -3.90. The number of carbonyl (C=O) groups excluding carboxylic acids is 2. The highest BCUT2D eigenvalue weighted by Gasteiger charge is 2.38. The molecule has 13 heteroatoms. The predicted octanol–water partition coefficient (Wildman–Crippen LogP) is 2.94. The van der Waals surface area contributed by atoms with Crippen LogP contribution in [0.25, 0.3) is 5.65 Å². The van der Waals surface area contributed by atoms with Crippen molar-refractivity contribution in [2.24, 2.45) is 5.92 Å². The molecule has 0 saturated carbocycles. The largest absolute Gasteiger partial charge is 0.492 e. The van der Waals surface area contributed by atoms with Crippen molar-refractivity contribution >= 4 is 29.0 Å². The SMILES string of the molecule is CCOc1ccccc1NC(=O)COC(=O)C1CCN(c2ccc3nnc(C(F)(F)F)n3n2)CC1. The monoisotopic (exact) mass is 492 g/mol. The zero-order valence-corrected chi connectivity index (χ0v) is 18.8. The van der Waals surface area contributed by atoms with E-state index in [1.165, 1.54) is 6.07 Å². The first kappa shape index (κ1) is 24.2. The van der Waals surface area contributed by atoms with Gasteiger partial charge < -0.3 is 19.7 Å². The Labute approximate surface area is 198 Å². The number of carbonyl (C=O) groups is 2. The van der Waals surface area contributed by atoms with Crippen LogP contribution in [0.3, 0.4) is 0 Å². The normalized spacial score (nSPS) is 14.7. The second-order valence-electron chi connectivity index (χ2n) is 7.83. The third-order valence-corrected chi connectivity index (χ3v) is 5.46. The summed E-state index contributed by atoms with van der Waals surface area (Å²) >= 11 is 0. The van der Waals surface area contributed by atoms with Crippen LogP contribution < -0.4 is 15.0 Å². The quantitative estimate of drug-likeness (QED) is 0.502. The molecule has 1 amide bonds. The minimum absolute atomic E-state index is 0.0123. The third kappa shape index (κ3) is 5.61. The van der Waals surface area contributed by atoms with Gasteiger partial charge in [-0.15, -0.1) is 15.3 Å². The van der Waals surface area contributed by atoms with Gasteiger partial charge in [0.1, 0.15) is 11.6 Å². The van der Waals surface area contributed by atoms with Crippen LogP contribution in [-0.4, -0.2) is 58.0 Å². The van der Waals surface area contributed by atoms with E-state index in [1.54, 1.807) is 35.2 Å². The first-order valence-electron chi connectivity index (χ1n) is 11.0. The summed E-state index contributed by atoms with van der Waals surface area (Å²) in [4.78, 5) is 26.5. The number of nitrogens with one attached hydrogen (secondary N) is 1. The zero-order chi connectivity index (χ0) is 25.0. The highest BCUT2D eigenvalue weighted by molar-refractivity contribution is 5.94. The predicted molar refractivity (Wildman–Crippen MR) is 118 cm³/mol. The van der Waals surface area contributed by atoms with Gasteiger partial charge in [-0.1, -0.05) is 12.1 Å². The number of anilines is 2. The molecule has 0 unspecified atom stereocenters. The van der Waals surface area contributed by atoms with Crippen molar-refractivity contribution in [3.63, 3.8) is 0 Å². The summed E-state index contributed by atoms with van der Waals surface area (Å²) in [6.07, 6.45) is -3.87. The van der Waals surface area contributed by atoms with Crippen LogP contribution >= 0.6 is 0 Å². The summed E-state index contributed by atoms with van der Waals surface area (Å²) in [6.45, 7) is 2.60. The number of ether oxygens (including phenoxy) is 2. The molecule has 1 aromatic carbocycles. The first-order valence-corrected chi connectivity index (χ1v) is 11.0. The van der Waals surface area contributed by atoms with E-state index in [-0.39, 0.29) is 5.65 Å². The molecule has 0 radical (unpaired) electrons. The van der Waals surface area contributed by atoms with Crippen molar-refractivity contribution < 1.29 is 32.2 Å². The van der Waals surface area contributed by atoms with Gasteiger partial charge in [0.15, 0.2) is 12.3 Å². The summed E-state index contributed by atoms with van der Waals surface area (Å²) in [5.41, 5.74) is 0.469. The van der Waals surface area contributed by atoms with Gasteiger partial charge in [0.05, 0.1) is 18.2 Å². The first-order chi connectivity index (χ1) is 16.8. The second kappa shape index (κ2) is 10.2. The fourth-order valence-electron chi connectivity index (χ4n) is 3.76. The second-order valence-corrected chi connectivity index (χ2v) is 7.83. The molecule has 0 aliphatic carbocycles. The summed E-state index contributed by atoms with van der Waals surface area (Å²) in [6, 6.07) is 9.91. The van der Waals surface area contributed by atoms with E-state index in [0.29, 0.717) is 54.3 Å². The van der Waals surface area contributed by atoms with E-state index in [1.807, 2.05) is 6.92 Å². The lowest BCUT2D eigenvalue weighted by Crippen LogP contribution is -2.38. The standard InChI is InChI=1S/C22H23F3N6O4/c1-2-34-16-6-4-3-5-15(16)26-19(32)13-35-20(33)14-9-11-30(12-10-14)18-8-7-17-27-28-21(22(23,24)25)31(17)29-18/h3-8,14H,2,9-13H2,1H3,(H,26,32). The maximum Gasteiger partial charge on any atom is 0.453 e. The number of piperidine rings is 1. The third-order valence-electron chi connectivity index (χ3n) is 5.46. The van der Waals surface area contributed by atoms with E-state index >= 15 is 0 Å². The lowest BCUT2D eigenvalue weighted by atomic mass is 9.97. The summed E-state index contributed by atoms with van der Waals surface area (Å²) in [5.74, 6) is -1.78. The van der Waals surface area contributed by atoms with Crippen molar-refractivity contribution in [1.29, 1.82) is 0 Å². The molecular weight excluding hydrogens is 469 g/mol. The lowest BCUT2D eigenvalue weighted by molar-refractivity contribution is -0.152. The molecule has 10 nitrogen and oxygen atoms in total. The molecule has 3 heterocycles.